The van der Waals surface area contributed by atoms with Gasteiger partial charge < -0.3 is 10.3 Å². The van der Waals surface area contributed by atoms with Crippen molar-refractivity contribution in [2.45, 2.75) is 20.4 Å². The monoisotopic (exact) mass is 206 g/mol. The van der Waals surface area contributed by atoms with Crippen LogP contribution in [0, 0.1) is 12.7 Å². The minimum Gasteiger partial charge on any atom is -0.358 e. The Kier molecular flexibility index (Phi) is 2.73. The first-order valence-electron chi connectivity index (χ1n) is 5.19. The number of aromatic nitrogens is 1. The van der Waals surface area contributed by atoms with Gasteiger partial charge in [-0.25, -0.2) is 4.39 Å². The second-order valence-corrected chi connectivity index (χ2v) is 3.70. The Morgan fingerprint density at radius 3 is 2.93 bits per heavy atom. The highest BCUT2D eigenvalue weighted by Crippen LogP contribution is 2.22. The lowest BCUT2D eigenvalue weighted by Gasteiger charge is -2.01. The number of nitrogens with one attached hydrogen (secondary N) is 2. The molecule has 15 heavy (non-hydrogen) atoms. The van der Waals surface area contributed by atoms with E-state index in [1.807, 2.05) is 6.92 Å². The molecule has 0 bridgehead atoms. The third-order valence-electron chi connectivity index (χ3n) is 2.63. The Morgan fingerprint density at radius 1 is 1.40 bits per heavy atom. The van der Waals surface area contributed by atoms with Gasteiger partial charge >= 0.3 is 0 Å². The lowest BCUT2D eigenvalue weighted by atomic mass is 10.1. The number of fused-ring (bicyclic) bond motifs is 1. The predicted molar refractivity (Wildman–Crippen MR) is 60.4 cm³/mol. The first kappa shape index (κ1) is 10.2. The summed E-state index contributed by atoms with van der Waals surface area (Å²) in [6.45, 7) is 5.78. The van der Waals surface area contributed by atoms with Crippen molar-refractivity contribution >= 4 is 10.9 Å². The third-order valence-corrected chi connectivity index (χ3v) is 2.63. The fourth-order valence-corrected chi connectivity index (χ4v) is 1.83. The van der Waals surface area contributed by atoms with Crippen LogP contribution in [0.5, 0.6) is 0 Å². The zero-order valence-corrected chi connectivity index (χ0v) is 9.02. The molecule has 1 heterocycles. The summed E-state index contributed by atoms with van der Waals surface area (Å²) in [6.07, 6.45) is 0. The summed E-state index contributed by atoms with van der Waals surface area (Å²) in [7, 11) is 0. The van der Waals surface area contributed by atoms with Gasteiger partial charge in [0.05, 0.1) is 0 Å². The largest absolute Gasteiger partial charge is 0.358 e. The van der Waals surface area contributed by atoms with Crippen molar-refractivity contribution in [2.24, 2.45) is 0 Å². The molecule has 0 aliphatic heterocycles. The van der Waals surface area contributed by atoms with Crippen molar-refractivity contribution < 1.29 is 4.39 Å². The van der Waals surface area contributed by atoms with E-state index in [0.29, 0.717) is 0 Å². The van der Waals surface area contributed by atoms with E-state index >= 15 is 0 Å². The van der Waals surface area contributed by atoms with Crippen LogP contribution >= 0.6 is 0 Å². The first-order chi connectivity index (χ1) is 7.22. The van der Waals surface area contributed by atoms with E-state index in [2.05, 4.69) is 17.2 Å². The van der Waals surface area contributed by atoms with Crippen molar-refractivity contribution in [3.8, 4) is 0 Å². The van der Waals surface area contributed by atoms with Gasteiger partial charge in [-0.3, -0.25) is 0 Å². The molecule has 3 heteroatoms. The summed E-state index contributed by atoms with van der Waals surface area (Å²) in [5, 5.41) is 4.24. The van der Waals surface area contributed by atoms with E-state index in [1.165, 1.54) is 6.07 Å². The first-order valence-corrected chi connectivity index (χ1v) is 5.19. The Balaban J connectivity index is 2.50. The summed E-state index contributed by atoms with van der Waals surface area (Å²) in [5.74, 6) is -0.181. The number of rotatable bonds is 3. The summed E-state index contributed by atoms with van der Waals surface area (Å²) in [4.78, 5) is 3.26. The van der Waals surface area contributed by atoms with Gasteiger partial charge in [0.2, 0.25) is 0 Å². The number of hydrogen-bond donors (Lipinski definition) is 2. The van der Waals surface area contributed by atoms with E-state index in [4.69, 9.17) is 0 Å². The molecule has 0 saturated heterocycles. The third kappa shape index (κ3) is 1.88. The normalized spacial score (nSPS) is 11.1. The standard InChI is InChI=1S/C12H15FN2/c1-3-14-7-11-8(2)15-12-5-4-9(13)6-10(11)12/h4-6,14-15H,3,7H2,1-2H3. The molecule has 2 nitrogen and oxygen atoms in total. The molecule has 0 saturated carbocycles. The summed E-state index contributed by atoms with van der Waals surface area (Å²) in [6, 6.07) is 4.86. The quantitative estimate of drug-likeness (QED) is 0.794. The maximum absolute atomic E-state index is 13.1. The molecule has 0 aliphatic carbocycles. The zero-order valence-electron chi connectivity index (χ0n) is 9.02. The average molecular weight is 206 g/mol. The molecule has 2 aromatic rings. The van der Waals surface area contributed by atoms with Gasteiger partial charge in [0.25, 0.3) is 0 Å². The molecular formula is C12H15FN2. The number of aromatic amines is 1. The fraction of sp³-hybridized carbons (Fsp3) is 0.333. The van der Waals surface area contributed by atoms with E-state index in [0.717, 1.165) is 35.2 Å². The Bertz CT molecular complexity index is 474. The SMILES string of the molecule is CCNCc1c(C)[nH]c2ccc(F)cc12. The van der Waals surface area contributed by atoms with E-state index in [9.17, 15) is 4.39 Å². The molecule has 0 fully saturated rings. The highest BCUT2D eigenvalue weighted by atomic mass is 19.1. The molecule has 0 unspecified atom stereocenters. The second kappa shape index (κ2) is 4.03. The van der Waals surface area contributed by atoms with Gasteiger partial charge in [-0.05, 0) is 37.2 Å². The highest BCUT2D eigenvalue weighted by Gasteiger charge is 2.08. The van der Waals surface area contributed by atoms with Gasteiger partial charge in [-0.2, -0.15) is 0 Å². The molecule has 0 amide bonds. The highest BCUT2D eigenvalue weighted by molar-refractivity contribution is 5.84. The lowest BCUT2D eigenvalue weighted by Crippen LogP contribution is -2.12. The summed E-state index contributed by atoms with van der Waals surface area (Å²) >= 11 is 0. The number of benzene rings is 1. The molecule has 0 radical (unpaired) electrons. The Hall–Kier alpha value is -1.35. The molecule has 0 atom stereocenters. The molecule has 0 aliphatic rings. The minimum atomic E-state index is -0.181. The maximum atomic E-state index is 13.1. The van der Waals surface area contributed by atoms with Crippen LogP contribution in [-0.2, 0) is 6.54 Å². The second-order valence-electron chi connectivity index (χ2n) is 3.70. The van der Waals surface area contributed by atoms with Crippen LogP contribution in [0.15, 0.2) is 18.2 Å². The fourth-order valence-electron chi connectivity index (χ4n) is 1.83. The molecule has 2 rings (SSSR count). The van der Waals surface area contributed by atoms with Gasteiger partial charge in [-0.15, -0.1) is 0 Å². The van der Waals surface area contributed by atoms with Crippen LogP contribution in [0.1, 0.15) is 18.2 Å². The van der Waals surface area contributed by atoms with Crippen LogP contribution in [0.3, 0.4) is 0 Å². The van der Waals surface area contributed by atoms with E-state index in [1.54, 1.807) is 12.1 Å². The number of halogens is 1. The van der Waals surface area contributed by atoms with Gasteiger partial charge in [-0.1, -0.05) is 6.92 Å². The molecule has 1 aromatic heterocycles. The van der Waals surface area contributed by atoms with Crippen LogP contribution in [0.2, 0.25) is 0 Å². The smallest absolute Gasteiger partial charge is 0.123 e. The van der Waals surface area contributed by atoms with Crippen LogP contribution in [0.25, 0.3) is 10.9 Å². The average Bonchev–Trinajstić information content (AvgIpc) is 2.51. The lowest BCUT2D eigenvalue weighted by molar-refractivity contribution is 0.629. The van der Waals surface area contributed by atoms with Gasteiger partial charge in [0.1, 0.15) is 5.82 Å². The van der Waals surface area contributed by atoms with E-state index in [-0.39, 0.29) is 5.82 Å². The van der Waals surface area contributed by atoms with Crippen molar-refractivity contribution in [3.63, 3.8) is 0 Å². The van der Waals surface area contributed by atoms with Gasteiger partial charge in [0, 0.05) is 23.1 Å². The summed E-state index contributed by atoms with van der Waals surface area (Å²) in [5.41, 5.74) is 3.27. The molecule has 0 spiro atoms. The number of hydrogen-bond acceptors (Lipinski definition) is 1. The molecular weight excluding hydrogens is 191 g/mol. The Morgan fingerprint density at radius 2 is 2.20 bits per heavy atom. The number of H-pyrrole nitrogens is 1. The minimum absolute atomic E-state index is 0.181. The zero-order chi connectivity index (χ0) is 10.8. The Labute approximate surface area is 88.5 Å². The molecule has 2 N–H and O–H groups in total. The van der Waals surface area contributed by atoms with Gasteiger partial charge in [0.15, 0.2) is 0 Å². The molecule has 1 aromatic carbocycles. The van der Waals surface area contributed by atoms with Crippen molar-refractivity contribution in [2.75, 3.05) is 6.54 Å². The molecule has 80 valence electrons. The summed E-state index contributed by atoms with van der Waals surface area (Å²) < 4.78 is 13.1. The maximum Gasteiger partial charge on any atom is 0.123 e. The number of aryl methyl sites for hydroxylation is 1. The van der Waals surface area contributed by atoms with Crippen LogP contribution in [-0.4, -0.2) is 11.5 Å². The van der Waals surface area contributed by atoms with Crippen molar-refractivity contribution in [3.05, 3.63) is 35.3 Å². The van der Waals surface area contributed by atoms with Crippen molar-refractivity contribution in [1.82, 2.24) is 10.3 Å². The predicted octanol–water partition coefficient (Wildman–Crippen LogP) is 2.72. The topological polar surface area (TPSA) is 27.8 Å². The van der Waals surface area contributed by atoms with Crippen molar-refractivity contribution in [1.29, 1.82) is 0 Å². The van der Waals surface area contributed by atoms with Crippen LogP contribution < -0.4 is 5.32 Å². The van der Waals surface area contributed by atoms with E-state index < -0.39 is 0 Å². The van der Waals surface area contributed by atoms with Crippen LogP contribution in [0.4, 0.5) is 4.39 Å².